The molecule has 1 atom stereocenters. The molecule has 0 rings (SSSR count). The first-order valence-electron chi connectivity index (χ1n) is 5.21. The summed E-state index contributed by atoms with van der Waals surface area (Å²) in [5.74, 6) is -2.27. The van der Waals surface area contributed by atoms with Crippen molar-refractivity contribution in [1.82, 2.24) is 5.32 Å². The highest BCUT2D eigenvalue weighted by Crippen LogP contribution is 2.04. The van der Waals surface area contributed by atoms with Crippen LogP contribution in [0.3, 0.4) is 0 Å². The van der Waals surface area contributed by atoms with Crippen LogP contribution < -0.4 is 16.8 Å². The maximum Gasteiger partial charge on any atom is 0.326 e. The molecule has 0 aromatic rings. The van der Waals surface area contributed by atoms with E-state index in [1.54, 1.807) is 13.8 Å². The summed E-state index contributed by atoms with van der Waals surface area (Å²) in [6, 6.07) is -1.11. The standard InChI is InChI=1S/C10H19N3O4/c1-10(2,12)5-8(15)13-6(9(16)17)3-4-7(11)14/h6H,3-5,12H2,1-2H3,(H2,11,14)(H,13,15)(H,16,17)/t6-/m1/s1. The van der Waals surface area contributed by atoms with Gasteiger partial charge < -0.3 is 21.9 Å². The summed E-state index contributed by atoms with van der Waals surface area (Å²) >= 11 is 0. The number of hydrogen-bond donors (Lipinski definition) is 4. The Morgan fingerprint density at radius 1 is 1.35 bits per heavy atom. The molecule has 0 aliphatic carbocycles. The first-order chi connectivity index (χ1) is 7.61. The van der Waals surface area contributed by atoms with E-state index in [-0.39, 0.29) is 19.3 Å². The number of nitrogens with two attached hydrogens (primary N) is 2. The van der Waals surface area contributed by atoms with Gasteiger partial charge in [0.25, 0.3) is 0 Å². The van der Waals surface area contributed by atoms with Crippen molar-refractivity contribution in [3.8, 4) is 0 Å². The smallest absolute Gasteiger partial charge is 0.326 e. The Bertz CT molecular complexity index is 309. The van der Waals surface area contributed by atoms with Gasteiger partial charge in [0.1, 0.15) is 6.04 Å². The Morgan fingerprint density at radius 2 is 1.88 bits per heavy atom. The number of amides is 2. The van der Waals surface area contributed by atoms with Gasteiger partial charge in [-0.3, -0.25) is 9.59 Å². The van der Waals surface area contributed by atoms with Crippen LogP contribution in [0.1, 0.15) is 33.1 Å². The number of carbonyl (C=O) groups is 3. The highest BCUT2D eigenvalue weighted by Gasteiger charge is 2.23. The van der Waals surface area contributed by atoms with E-state index in [1.165, 1.54) is 0 Å². The zero-order valence-electron chi connectivity index (χ0n) is 10.0. The lowest BCUT2D eigenvalue weighted by Gasteiger charge is -2.20. The SMILES string of the molecule is CC(C)(N)CC(=O)N[C@H](CCC(N)=O)C(=O)O. The summed E-state index contributed by atoms with van der Waals surface area (Å²) in [5, 5.41) is 11.1. The van der Waals surface area contributed by atoms with Crippen LogP contribution in [0, 0.1) is 0 Å². The number of rotatable bonds is 7. The molecule has 17 heavy (non-hydrogen) atoms. The molecule has 0 bridgehead atoms. The van der Waals surface area contributed by atoms with Gasteiger partial charge in [-0.25, -0.2) is 4.79 Å². The fraction of sp³-hybridized carbons (Fsp3) is 0.700. The molecule has 0 radical (unpaired) electrons. The lowest BCUT2D eigenvalue weighted by molar-refractivity contribution is -0.142. The number of carboxylic acids is 1. The van der Waals surface area contributed by atoms with E-state index in [0.29, 0.717) is 0 Å². The first-order valence-corrected chi connectivity index (χ1v) is 5.21. The number of nitrogens with one attached hydrogen (secondary N) is 1. The van der Waals surface area contributed by atoms with E-state index in [9.17, 15) is 14.4 Å². The summed E-state index contributed by atoms with van der Waals surface area (Å²) in [4.78, 5) is 32.8. The van der Waals surface area contributed by atoms with Crippen molar-refractivity contribution in [2.45, 2.75) is 44.7 Å². The maximum absolute atomic E-state index is 11.4. The first kappa shape index (κ1) is 15.4. The quantitative estimate of drug-likeness (QED) is 0.453. The highest BCUT2D eigenvalue weighted by molar-refractivity contribution is 5.84. The molecule has 0 unspecified atom stereocenters. The molecule has 0 saturated heterocycles. The molecular formula is C10H19N3O4. The van der Waals surface area contributed by atoms with Gasteiger partial charge in [-0.15, -0.1) is 0 Å². The lowest BCUT2D eigenvalue weighted by Crippen LogP contribution is -2.45. The predicted molar refractivity (Wildman–Crippen MR) is 60.9 cm³/mol. The monoisotopic (exact) mass is 245 g/mol. The molecule has 0 aliphatic rings. The van der Waals surface area contributed by atoms with Crippen LogP contribution >= 0.6 is 0 Å². The third kappa shape index (κ3) is 8.21. The summed E-state index contributed by atoms with van der Waals surface area (Å²) < 4.78 is 0. The van der Waals surface area contributed by atoms with E-state index in [1.807, 2.05) is 0 Å². The van der Waals surface area contributed by atoms with Crippen LogP contribution in [-0.2, 0) is 14.4 Å². The van der Waals surface area contributed by atoms with E-state index in [2.05, 4.69) is 5.32 Å². The van der Waals surface area contributed by atoms with Gasteiger partial charge in [0, 0.05) is 18.4 Å². The van der Waals surface area contributed by atoms with Crippen molar-refractivity contribution in [2.24, 2.45) is 11.5 Å². The minimum atomic E-state index is -1.20. The molecule has 0 fully saturated rings. The van der Waals surface area contributed by atoms with Crippen molar-refractivity contribution in [2.75, 3.05) is 0 Å². The van der Waals surface area contributed by atoms with Crippen LogP contribution in [0.15, 0.2) is 0 Å². The number of carbonyl (C=O) groups excluding carboxylic acids is 2. The molecule has 0 aliphatic heterocycles. The van der Waals surface area contributed by atoms with Gasteiger partial charge in [0.2, 0.25) is 11.8 Å². The van der Waals surface area contributed by atoms with Crippen molar-refractivity contribution >= 4 is 17.8 Å². The van der Waals surface area contributed by atoms with Gasteiger partial charge >= 0.3 is 5.97 Å². The second-order valence-corrected chi connectivity index (χ2v) is 4.63. The molecule has 6 N–H and O–H groups in total. The van der Waals surface area contributed by atoms with Crippen molar-refractivity contribution < 1.29 is 19.5 Å². The minimum Gasteiger partial charge on any atom is -0.480 e. The Hall–Kier alpha value is -1.63. The van der Waals surface area contributed by atoms with Crippen LogP contribution in [0.4, 0.5) is 0 Å². The number of aliphatic carboxylic acids is 1. The van der Waals surface area contributed by atoms with Crippen molar-refractivity contribution in [3.05, 3.63) is 0 Å². The average molecular weight is 245 g/mol. The third-order valence-electron chi connectivity index (χ3n) is 1.93. The Labute approximate surface area is 99.5 Å². The Balaban J connectivity index is 4.30. The molecule has 98 valence electrons. The summed E-state index contributed by atoms with van der Waals surface area (Å²) in [7, 11) is 0. The largest absolute Gasteiger partial charge is 0.480 e. The van der Waals surface area contributed by atoms with Gasteiger partial charge in [0.15, 0.2) is 0 Å². The topological polar surface area (TPSA) is 136 Å². The highest BCUT2D eigenvalue weighted by atomic mass is 16.4. The molecule has 0 aromatic carbocycles. The Kier molecular flexibility index (Phi) is 5.60. The predicted octanol–water partition coefficient (Wildman–Crippen LogP) is -1.05. The summed E-state index contributed by atoms with van der Waals surface area (Å²) in [6.07, 6.45) is -0.113. The minimum absolute atomic E-state index is 0.00729. The number of hydrogen-bond acceptors (Lipinski definition) is 4. The van der Waals surface area contributed by atoms with Gasteiger partial charge in [-0.05, 0) is 20.3 Å². The van der Waals surface area contributed by atoms with E-state index in [4.69, 9.17) is 16.6 Å². The molecule has 0 heterocycles. The van der Waals surface area contributed by atoms with Gasteiger partial charge in [-0.2, -0.15) is 0 Å². The molecule has 7 nitrogen and oxygen atoms in total. The van der Waals surface area contributed by atoms with E-state index in [0.717, 1.165) is 0 Å². The van der Waals surface area contributed by atoms with Crippen LogP contribution in [-0.4, -0.2) is 34.5 Å². The number of primary amides is 1. The normalized spacial score (nSPS) is 12.9. The Morgan fingerprint density at radius 3 is 2.24 bits per heavy atom. The van der Waals surface area contributed by atoms with Crippen LogP contribution in [0.5, 0.6) is 0 Å². The molecular weight excluding hydrogens is 226 g/mol. The average Bonchev–Trinajstić information content (AvgIpc) is 2.08. The van der Waals surface area contributed by atoms with E-state index >= 15 is 0 Å². The van der Waals surface area contributed by atoms with Gasteiger partial charge in [0.05, 0.1) is 0 Å². The second kappa shape index (κ2) is 6.19. The maximum atomic E-state index is 11.4. The molecule has 2 amide bonds. The van der Waals surface area contributed by atoms with Crippen molar-refractivity contribution in [1.29, 1.82) is 0 Å². The molecule has 7 heteroatoms. The third-order valence-corrected chi connectivity index (χ3v) is 1.93. The zero-order chi connectivity index (χ0) is 13.6. The molecule has 0 saturated carbocycles. The number of carboxylic acid groups (broad SMARTS) is 1. The summed E-state index contributed by atoms with van der Waals surface area (Å²) in [5.41, 5.74) is 9.83. The zero-order valence-corrected chi connectivity index (χ0v) is 10.0. The molecule has 0 aromatic heterocycles. The van der Waals surface area contributed by atoms with Crippen LogP contribution in [0.25, 0.3) is 0 Å². The van der Waals surface area contributed by atoms with Gasteiger partial charge in [-0.1, -0.05) is 0 Å². The lowest BCUT2D eigenvalue weighted by atomic mass is 10.0. The molecule has 0 spiro atoms. The van der Waals surface area contributed by atoms with E-state index < -0.39 is 29.4 Å². The van der Waals surface area contributed by atoms with Crippen LogP contribution in [0.2, 0.25) is 0 Å². The fourth-order valence-electron chi connectivity index (χ4n) is 1.20. The fourth-order valence-corrected chi connectivity index (χ4v) is 1.20. The summed E-state index contributed by atoms with van der Waals surface area (Å²) in [6.45, 7) is 3.32. The van der Waals surface area contributed by atoms with Crippen molar-refractivity contribution in [3.63, 3.8) is 0 Å². The second-order valence-electron chi connectivity index (χ2n) is 4.63.